The van der Waals surface area contributed by atoms with Crippen LogP contribution in [-0.2, 0) is 27.5 Å². The number of nitrogens with one attached hydrogen (secondary N) is 2. The Morgan fingerprint density at radius 2 is 1.70 bits per heavy atom. The smallest absolute Gasteiger partial charge is 0.252 e. The average Bonchev–Trinajstić information content (AvgIpc) is 3.51. The second kappa shape index (κ2) is 8.22. The van der Waals surface area contributed by atoms with Crippen LogP contribution in [0.5, 0.6) is 0 Å². The molecule has 3 aromatic rings. The topological polar surface area (TPSA) is 88.2 Å². The lowest BCUT2D eigenvalue weighted by Crippen LogP contribution is -2.35. The molecule has 174 valence electrons. The van der Waals surface area contributed by atoms with Gasteiger partial charge in [-0.2, -0.15) is 0 Å². The number of rotatable bonds is 6. The number of hydrogen-bond acceptors (Lipinski definition) is 4. The number of hydrogen-bond donors (Lipinski definition) is 2. The van der Waals surface area contributed by atoms with Gasteiger partial charge < -0.3 is 5.32 Å². The highest BCUT2D eigenvalue weighted by Gasteiger charge is 2.47. The highest BCUT2D eigenvalue weighted by atomic mass is 32.2. The van der Waals surface area contributed by atoms with E-state index in [-0.39, 0.29) is 17.9 Å². The van der Waals surface area contributed by atoms with Crippen molar-refractivity contribution in [2.45, 2.75) is 58.0 Å². The van der Waals surface area contributed by atoms with Gasteiger partial charge in [0.15, 0.2) is 0 Å². The third kappa shape index (κ3) is 5.25. The summed E-state index contributed by atoms with van der Waals surface area (Å²) in [5.74, 6) is -0.114. The molecule has 1 amide bonds. The quantitative estimate of drug-likeness (QED) is 0.568. The van der Waals surface area contributed by atoms with Crippen molar-refractivity contribution in [2.24, 2.45) is 0 Å². The van der Waals surface area contributed by atoms with Gasteiger partial charge in [-0.15, -0.1) is 0 Å². The zero-order valence-corrected chi connectivity index (χ0v) is 20.6. The maximum atomic E-state index is 13.1. The molecule has 1 saturated carbocycles. The van der Waals surface area contributed by atoms with Gasteiger partial charge in [0.1, 0.15) is 0 Å². The summed E-state index contributed by atoms with van der Waals surface area (Å²) < 4.78 is 25.2. The summed E-state index contributed by atoms with van der Waals surface area (Å²) in [7, 11) is -3.27. The molecule has 1 aromatic heterocycles. The largest absolute Gasteiger partial charge is 0.341 e. The normalized spacial score (nSPS) is 15.4. The Hall–Kier alpha value is -2.77. The predicted octanol–water partition coefficient (Wildman–Crippen LogP) is 4.31. The molecule has 7 heteroatoms. The molecule has 0 radical (unpaired) electrons. The number of benzene rings is 2. The molecule has 1 fully saturated rings. The minimum absolute atomic E-state index is 0.0735. The van der Waals surface area contributed by atoms with Gasteiger partial charge in [0.2, 0.25) is 10.0 Å². The van der Waals surface area contributed by atoms with Crippen LogP contribution >= 0.6 is 0 Å². The van der Waals surface area contributed by atoms with Crippen LogP contribution in [0.15, 0.2) is 48.5 Å². The van der Waals surface area contributed by atoms with Crippen molar-refractivity contribution in [1.82, 2.24) is 15.0 Å². The van der Waals surface area contributed by atoms with Crippen molar-refractivity contribution < 1.29 is 13.2 Å². The van der Waals surface area contributed by atoms with Crippen molar-refractivity contribution in [2.75, 3.05) is 6.26 Å². The molecule has 0 bridgehead atoms. The Bertz CT molecular complexity index is 1340. The average molecular weight is 466 g/mol. The first-order chi connectivity index (χ1) is 15.4. The Morgan fingerprint density at radius 1 is 1.03 bits per heavy atom. The fraction of sp³-hybridized carbons (Fsp3) is 0.385. The minimum Gasteiger partial charge on any atom is -0.341 e. The van der Waals surface area contributed by atoms with Gasteiger partial charge in [0.25, 0.3) is 5.91 Å². The maximum Gasteiger partial charge on any atom is 0.252 e. The first kappa shape index (κ1) is 23.4. The highest BCUT2D eigenvalue weighted by Crippen LogP contribution is 2.45. The van der Waals surface area contributed by atoms with Gasteiger partial charge in [-0.05, 0) is 65.3 Å². The van der Waals surface area contributed by atoms with Crippen molar-refractivity contribution in [3.63, 3.8) is 0 Å². The van der Waals surface area contributed by atoms with E-state index < -0.39 is 15.6 Å². The SMILES string of the molecule is Cc1nc(C2(NC(=O)c3ccc4cc(C(C)(C)C)ccc4c3)CC2)ccc1CNS(C)(=O)=O. The van der Waals surface area contributed by atoms with Gasteiger partial charge in [0, 0.05) is 17.8 Å². The summed E-state index contributed by atoms with van der Waals surface area (Å²) in [6, 6.07) is 16.0. The monoisotopic (exact) mass is 465 g/mol. The van der Waals surface area contributed by atoms with Crippen LogP contribution in [0.25, 0.3) is 10.8 Å². The van der Waals surface area contributed by atoms with Gasteiger partial charge >= 0.3 is 0 Å². The molecule has 1 heterocycles. The first-order valence-electron chi connectivity index (χ1n) is 11.1. The fourth-order valence-electron chi connectivity index (χ4n) is 3.97. The van der Waals surface area contributed by atoms with Crippen LogP contribution in [0, 0.1) is 6.92 Å². The molecular formula is C26H31N3O3S. The number of carbonyl (C=O) groups excluding carboxylic acids is 1. The van der Waals surface area contributed by atoms with Crippen LogP contribution in [0.2, 0.25) is 0 Å². The second-order valence-electron chi connectivity index (χ2n) is 10.1. The number of aromatic nitrogens is 1. The summed E-state index contributed by atoms with van der Waals surface area (Å²) in [6.07, 6.45) is 2.79. The molecule has 4 rings (SSSR count). The molecule has 2 N–H and O–H groups in total. The molecule has 0 saturated heterocycles. The van der Waals surface area contributed by atoms with Crippen LogP contribution in [0.4, 0.5) is 0 Å². The Kier molecular flexibility index (Phi) is 5.83. The van der Waals surface area contributed by atoms with E-state index in [4.69, 9.17) is 0 Å². The van der Waals surface area contributed by atoms with Crippen molar-refractivity contribution >= 4 is 26.7 Å². The standard InChI is InChI=1S/C26H31N3O3S/c1-17-21(16-27-33(5,31)32)9-11-23(28-17)26(12-13-26)29-24(30)20-7-6-19-15-22(25(2,3)4)10-8-18(19)14-20/h6-11,14-15,27H,12-13,16H2,1-5H3,(H,29,30). The van der Waals surface area contributed by atoms with Crippen molar-refractivity contribution in [1.29, 1.82) is 0 Å². The molecule has 1 aliphatic rings. The van der Waals surface area contributed by atoms with E-state index in [2.05, 4.69) is 54.0 Å². The summed E-state index contributed by atoms with van der Waals surface area (Å²) >= 11 is 0. The van der Waals surface area contributed by atoms with Crippen LogP contribution in [-0.4, -0.2) is 25.6 Å². The number of nitrogens with zero attached hydrogens (tertiary/aromatic N) is 1. The predicted molar refractivity (Wildman–Crippen MR) is 132 cm³/mol. The zero-order chi connectivity index (χ0) is 24.0. The van der Waals surface area contributed by atoms with E-state index in [1.165, 1.54) is 5.56 Å². The van der Waals surface area contributed by atoms with Crippen LogP contribution < -0.4 is 10.0 Å². The zero-order valence-electron chi connectivity index (χ0n) is 19.8. The Labute approximate surface area is 195 Å². The summed E-state index contributed by atoms with van der Waals surface area (Å²) in [6.45, 7) is 8.63. The number of aryl methyl sites for hydroxylation is 1. The Balaban J connectivity index is 1.52. The lowest BCUT2D eigenvalue weighted by atomic mass is 9.86. The van der Waals surface area contributed by atoms with E-state index in [0.717, 1.165) is 46.8 Å². The summed E-state index contributed by atoms with van der Waals surface area (Å²) in [4.78, 5) is 17.8. The number of pyridine rings is 1. The van der Waals surface area contributed by atoms with E-state index in [9.17, 15) is 13.2 Å². The van der Waals surface area contributed by atoms with Gasteiger partial charge in [-0.3, -0.25) is 9.78 Å². The number of amides is 1. The van der Waals surface area contributed by atoms with Crippen molar-refractivity contribution in [3.05, 3.63) is 76.6 Å². The molecule has 0 atom stereocenters. The van der Waals surface area contributed by atoms with Gasteiger partial charge in [-0.1, -0.05) is 51.1 Å². The highest BCUT2D eigenvalue weighted by molar-refractivity contribution is 7.88. The molecule has 0 unspecified atom stereocenters. The maximum absolute atomic E-state index is 13.1. The lowest BCUT2D eigenvalue weighted by Gasteiger charge is -2.20. The fourth-order valence-corrected chi connectivity index (χ4v) is 4.38. The molecule has 0 spiro atoms. The van der Waals surface area contributed by atoms with E-state index in [1.54, 1.807) is 0 Å². The van der Waals surface area contributed by atoms with Gasteiger partial charge in [-0.25, -0.2) is 13.1 Å². The molecule has 1 aliphatic carbocycles. The van der Waals surface area contributed by atoms with Gasteiger partial charge in [0.05, 0.1) is 17.5 Å². The van der Waals surface area contributed by atoms with Crippen LogP contribution in [0.3, 0.4) is 0 Å². The third-order valence-electron chi connectivity index (χ3n) is 6.28. The van der Waals surface area contributed by atoms with Crippen LogP contribution in [0.1, 0.15) is 66.5 Å². The first-order valence-corrected chi connectivity index (χ1v) is 13.0. The molecule has 33 heavy (non-hydrogen) atoms. The number of carbonyl (C=O) groups is 1. The van der Waals surface area contributed by atoms with E-state index in [0.29, 0.717) is 5.56 Å². The second-order valence-corrected chi connectivity index (χ2v) is 11.9. The Morgan fingerprint density at radius 3 is 2.30 bits per heavy atom. The lowest BCUT2D eigenvalue weighted by molar-refractivity contribution is 0.0930. The summed E-state index contributed by atoms with van der Waals surface area (Å²) in [5.41, 5.74) is 3.88. The summed E-state index contributed by atoms with van der Waals surface area (Å²) in [5, 5.41) is 5.35. The van der Waals surface area contributed by atoms with E-state index in [1.807, 2.05) is 37.3 Å². The molecule has 6 nitrogen and oxygen atoms in total. The number of sulfonamides is 1. The molecule has 0 aliphatic heterocycles. The third-order valence-corrected chi connectivity index (χ3v) is 6.95. The molecule has 2 aromatic carbocycles. The minimum atomic E-state index is -3.27. The molecular weight excluding hydrogens is 434 g/mol. The number of fused-ring (bicyclic) bond motifs is 1. The van der Waals surface area contributed by atoms with Crippen molar-refractivity contribution in [3.8, 4) is 0 Å². The van der Waals surface area contributed by atoms with E-state index >= 15 is 0 Å².